The number of rotatable bonds is 3. The normalized spacial score (nSPS) is 14.5. The zero-order chi connectivity index (χ0) is 18.8. The minimum Gasteiger partial charge on any atom is -0.346 e. The van der Waals surface area contributed by atoms with E-state index in [1.165, 1.54) is 11.1 Å². The van der Waals surface area contributed by atoms with Crippen LogP contribution in [0.2, 0.25) is 0 Å². The lowest BCUT2D eigenvalue weighted by Crippen LogP contribution is -2.44. The number of nitrogens with zero attached hydrogens (tertiary/aromatic N) is 2. The van der Waals surface area contributed by atoms with Gasteiger partial charge in [-0.3, -0.25) is 0 Å². The van der Waals surface area contributed by atoms with Gasteiger partial charge in [0.2, 0.25) is 0 Å². The van der Waals surface area contributed by atoms with E-state index in [0.717, 1.165) is 35.1 Å². The Morgan fingerprint density at radius 2 is 2.04 bits per heavy atom. The number of fused-ring (bicyclic) bond motifs is 1. The van der Waals surface area contributed by atoms with Crippen molar-refractivity contribution in [3.63, 3.8) is 0 Å². The van der Waals surface area contributed by atoms with E-state index in [2.05, 4.69) is 39.6 Å². The fourth-order valence-corrected chi connectivity index (χ4v) is 3.49. The SMILES string of the molecule is CC(C)NC(=O)N1CC=C(c2c[nH]c3ncc(-c4ccccc4)cc23)CC1. The van der Waals surface area contributed by atoms with Crippen LogP contribution in [0.25, 0.3) is 27.7 Å². The Hall–Kier alpha value is -3.08. The molecule has 0 atom stereocenters. The highest BCUT2D eigenvalue weighted by Gasteiger charge is 2.20. The summed E-state index contributed by atoms with van der Waals surface area (Å²) in [7, 11) is 0. The third-order valence-electron chi connectivity index (χ3n) is 4.89. The highest BCUT2D eigenvalue weighted by molar-refractivity contribution is 5.93. The van der Waals surface area contributed by atoms with Gasteiger partial charge in [-0.2, -0.15) is 0 Å². The van der Waals surface area contributed by atoms with Crippen molar-refractivity contribution in [1.29, 1.82) is 0 Å². The number of aromatic nitrogens is 2. The minimum absolute atomic E-state index is 0.00672. The van der Waals surface area contributed by atoms with Gasteiger partial charge in [-0.1, -0.05) is 36.4 Å². The Labute approximate surface area is 159 Å². The van der Waals surface area contributed by atoms with E-state index in [1.54, 1.807) is 0 Å². The van der Waals surface area contributed by atoms with E-state index in [9.17, 15) is 4.79 Å². The summed E-state index contributed by atoms with van der Waals surface area (Å²) in [6.45, 7) is 5.31. The first kappa shape index (κ1) is 17.3. The smallest absolute Gasteiger partial charge is 0.317 e. The summed E-state index contributed by atoms with van der Waals surface area (Å²) in [5, 5.41) is 4.09. The molecule has 0 saturated carbocycles. The fourth-order valence-electron chi connectivity index (χ4n) is 3.49. The first-order valence-electron chi connectivity index (χ1n) is 9.39. The monoisotopic (exact) mass is 360 g/mol. The summed E-state index contributed by atoms with van der Waals surface area (Å²) in [5.41, 5.74) is 5.61. The van der Waals surface area contributed by atoms with Crippen molar-refractivity contribution in [2.75, 3.05) is 13.1 Å². The highest BCUT2D eigenvalue weighted by atomic mass is 16.2. The van der Waals surface area contributed by atoms with Crippen molar-refractivity contribution in [1.82, 2.24) is 20.2 Å². The Morgan fingerprint density at radius 1 is 1.22 bits per heavy atom. The summed E-state index contributed by atoms with van der Waals surface area (Å²) >= 11 is 0. The van der Waals surface area contributed by atoms with Crippen molar-refractivity contribution < 1.29 is 4.79 Å². The molecule has 0 saturated heterocycles. The first-order chi connectivity index (χ1) is 13.1. The summed E-state index contributed by atoms with van der Waals surface area (Å²) in [6, 6.07) is 12.6. The van der Waals surface area contributed by atoms with Crippen LogP contribution >= 0.6 is 0 Å². The number of carbonyl (C=O) groups excluding carboxylic acids is 1. The lowest BCUT2D eigenvalue weighted by Gasteiger charge is -2.27. The maximum Gasteiger partial charge on any atom is 0.317 e. The molecule has 4 rings (SSSR count). The maximum atomic E-state index is 12.2. The molecule has 2 amide bonds. The number of amides is 2. The van der Waals surface area contributed by atoms with Crippen LogP contribution in [0.15, 0.2) is 54.9 Å². The number of aromatic amines is 1. The van der Waals surface area contributed by atoms with Crippen molar-refractivity contribution >= 4 is 22.6 Å². The molecule has 0 radical (unpaired) electrons. The van der Waals surface area contributed by atoms with Crippen LogP contribution in [0.4, 0.5) is 4.79 Å². The lowest BCUT2D eigenvalue weighted by molar-refractivity contribution is 0.200. The molecule has 0 unspecified atom stereocenters. The zero-order valence-electron chi connectivity index (χ0n) is 15.7. The van der Waals surface area contributed by atoms with Gasteiger partial charge in [0, 0.05) is 48.0 Å². The number of benzene rings is 1. The van der Waals surface area contributed by atoms with Crippen LogP contribution in [-0.4, -0.2) is 40.0 Å². The molecule has 5 nitrogen and oxygen atoms in total. The summed E-state index contributed by atoms with van der Waals surface area (Å²) in [5.74, 6) is 0. The third kappa shape index (κ3) is 3.58. The van der Waals surface area contributed by atoms with Crippen LogP contribution in [0.3, 0.4) is 0 Å². The molecule has 1 aromatic carbocycles. The topological polar surface area (TPSA) is 61.0 Å². The van der Waals surface area contributed by atoms with Crippen LogP contribution in [0.5, 0.6) is 0 Å². The molecule has 3 aromatic rings. The standard InChI is InChI=1S/C22H24N4O/c1-15(2)25-22(27)26-10-8-17(9-11-26)20-14-24-21-19(20)12-18(13-23-21)16-6-4-3-5-7-16/h3-8,12-15H,9-11H2,1-2H3,(H,23,24)(H,25,27). The number of H-pyrrole nitrogens is 1. The van der Waals surface area contributed by atoms with Gasteiger partial charge in [-0.05, 0) is 37.5 Å². The molecule has 0 bridgehead atoms. The van der Waals surface area contributed by atoms with Gasteiger partial charge >= 0.3 is 6.03 Å². The van der Waals surface area contributed by atoms with E-state index in [-0.39, 0.29) is 12.1 Å². The average molecular weight is 360 g/mol. The van der Waals surface area contributed by atoms with Gasteiger partial charge in [0.1, 0.15) is 5.65 Å². The predicted molar refractivity (Wildman–Crippen MR) is 109 cm³/mol. The van der Waals surface area contributed by atoms with Crippen molar-refractivity contribution in [2.24, 2.45) is 0 Å². The Bertz CT molecular complexity index is 988. The molecule has 2 N–H and O–H groups in total. The number of carbonyl (C=O) groups is 1. The molecule has 5 heteroatoms. The third-order valence-corrected chi connectivity index (χ3v) is 4.89. The second kappa shape index (κ2) is 7.27. The van der Waals surface area contributed by atoms with Crippen LogP contribution in [0.1, 0.15) is 25.8 Å². The molecule has 27 heavy (non-hydrogen) atoms. The van der Waals surface area contributed by atoms with Crippen LogP contribution in [0, 0.1) is 0 Å². The molecular weight excluding hydrogens is 336 g/mol. The van der Waals surface area contributed by atoms with Gasteiger partial charge in [0.15, 0.2) is 0 Å². The largest absolute Gasteiger partial charge is 0.346 e. The highest BCUT2D eigenvalue weighted by Crippen LogP contribution is 2.31. The van der Waals surface area contributed by atoms with Crippen molar-refractivity contribution in [3.8, 4) is 11.1 Å². The van der Waals surface area contributed by atoms with E-state index in [0.29, 0.717) is 6.54 Å². The molecular formula is C22H24N4O. The number of pyridine rings is 1. The number of urea groups is 1. The molecule has 2 aromatic heterocycles. The van der Waals surface area contributed by atoms with Crippen LogP contribution in [-0.2, 0) is 0 Å². The summed E-state index contributed by atoms with van der Waals surface area (Å²) in [4.78, 5) is 21.9. The summed E-state index contributed by atoms with van der Waals surface area (Å²) in [6.07, 6.45) is 6.93. The van der Waals surface area contributed by atoms with Gasteiger partial charge < -0.3 is 15.2 Å². The average Bonchev–Trinajstić information content (AvgIpc) is 3.11. The van der Waals surface area contributed by atoms with Gasteiger partial charge in [0.25, 0.3) is 0 Å². The fraction of sp³-hybridized carbons (Fsp3) is 0.273. The quantitative estimate of drug-likeness (QED) is 0.725. The van der Waals surface area contributed by atoms with E-state index in [1.807, 2.05) is 49.3 Å². The van der Waals surface area contributed by atoms with E-state index < -0.39 is 0 Å². The van der Waals surface area contributed by atoms with Gasteiger partial charge in [-0.15, -0.1) is 0 Å². The second-order valence-corrected chi connectivity index (χ2v) is 7.22. The van der Waals surface area contributed by atoms with Crippen molar-refractivity contribution in [3.05, 3.63) is 60.4 Å². The molecule has 138 valence electrons. The molecule has 1 aliphatic rings. The van der Waals surface area contributed by atoms with Gasteiger partial charge in [-0.25, -0.2) is 9.78 Å². The molecule has 0 aliphatic carbocycles. The second-order valence-electron chi connectivity index (χ2n) is 7.22. The van der Waals surface area contributed by atoms with Crippen LogP contribution < -0.4 is 5.32 Å². The molecule has 0 spiro atoms. The molecule has 1 aliphatic heterocycles. The number of nitrogens with one attached hydrogen (secondary N) is 2. The zero-order valence-corrected chi connectivity index (χ0v) is 15.7. The first-order valence-corrected chi connectivity index (χ1v) is 9.39. The maximum absolute atomic E-state index is 12.2. The molecule has 3 heterocycles. The van der Waals surface area contributed by atoms with E-state index >= 15 is 0 Å². The number of hydrogen-bond acceptors (Lipinski definition) is 2. The molecule has 0 fully saturated rings. The number of hydrogen-bond donors (Lipinski definition) is 2. The Morgan fingerprint density at radius 3 is 2.74 bits per heavy atom. The van der Waals surface area contributed by atoms with Gasteiger partial charge in [0.05, 0.1) is 0 Å². The Kier molecular flexibility index (Phi) is 4.67. The van der Waals surface area contributed by atoms with E-state index in [4.69, 9.17) is 0 Å². The van der Waals surface area contributed by atoms with Crippen molar-refractivity contribution in [2.45, 2.75) is 26.3 Å². The summed E-state index contributed by atoms with van der Waals surface area (Å²) < 4.78 is 0. The lowest BCUT2D eigenvalue weighted by atomic mass is 9.98. The predicted octanol–water partition coefficient (Wildman–Crippen LogP) is 4.44. The Balaban J connectivity index is 1.61. The minimum atomic E-state index is 0.00672.